The van der Waals surface area contributed by atoms with E-state index in [2.05, 4.69) is 15.2 Å². The summed E-state index contributed by atoms with van der Waals surface area (Å²) in [6.45, 7) is 4.64. The molecule has 2 fully saturated rings. The van der Waals surface area contributed by atoms with Crippen LogP contribution in [-0.4, -0.2) is 57.3 Å². The molecule has 9 heteroatoms. The topological polar surface area (TPSA) is 96.7 Å². The van der Waals surface area contributed by atoms with E-state index in [0.717, 1.165) is 49.1 Å². The largest absolute Gasteiger partial charge is 0.491 e. The van der Waals surface area contributed by atoms with E-state index in [9.17, 15) is 14.7 Å². The van der Waals surface area contributed by atoms with Crippen molar-refractivity contribution in [2.75, 3.05) is 31.6 Å². The van der Waals surface area contributed by atoms with Gasteiger partial charge in [0.2, 0.25) is 5.91 Å². The molecule has 1 saturated heterocycles. The Bertz CT molecular complexity index is 1400. The molecule has 0 atom stereocenters. The number of aromatic nitrogens is 2. The Balaban J connectivity index is 1.08. The van der Waals surface area contributed by atoms with Crippen LogP contribution in [0.1, 0.15) is 44.2 Å². The van der Waals surface area contributed by atoms with Gasteiger partial charge in [0.1, 0.15) is 18.0 Å². The molecular weight excluding hydrogens is 480 g/mol. The highest BCUT2D eigenvalue weighted by molar-refractivity contribution is 6.31. The molecule has 1 saturated carbocycles. The van der Waals surface area contributed by atoms with Crippen molar-refractivity contribution in [3.63, 3.8) is 0 Å². The fourth-order valence-electron chi connectivity index (χ4n) is 6.03. The van der Waals surface area contributed by atoms with Crippen LogP contribution in [0.3, 0.4) is 0 Å². The number of ether oxygens (including phenoxy) is 1. The van der Waals surface area contributed by atoms with Gasteiger partial charge in [0, 0.05) is 34.7 Å². The number of aliphatic hydroxyl groups is 1. The molecule has 36 heavy (non-hydrogen) atoms. The SMILES string of the molecule is C[C@]1(O)C[C@@H](n2c(=O)ccc3cc(OCCN4CCC5(CC4)C(=O)Nc4ccc(Cl)cc45)cnc32)C1. The molecule has 0 radical (unpaired) electrons. The van der Waals surface area contributed by atoms with Crippen LogP contribution in [0.25, 0.3) is 11.0 Å². The molecule has 1 amide bonds. The molecule has 4 heterocycles. The van der Waals surface area contributed by atoms with Gasteiger partial charge in [0.25, 0.3) is 5.56 Å². The maximum atomic E-state index is 12.8. The Hall–Kier alpha value is -2.94. The lowest BCUT2D eigenvalue weighted by atomic mass is 9.73. The van der Waals surface area contributed by atoms with Crippen LogP contribution in [0.4, 0.5) is 5.69 Å². The molecular formula is C27H29ClN4O4. The van der Waals surface area contributed by atoms with Gasteiger partial charge < -0.3 is 15.2 Å². The minimum atomic E-state index is -0.721. The number of nitrogens with zero attached hydrogens (tertiary/aromatic N) is 3. The third-order valence-electron chi connectivity index (χ3n) is 8.02. The number of rotatable bonds is 5. The van der Waals surface area contributed by atoms with Gasteiger partial charge in [0.05, 0.1) is 17.2 Å². The van der Waals surface area contributed by atoms with E-state index >= 15 is 0 Å². The third-order valence-corrected chi connectivity index (χ3v) is 8.26. The lowest BCUT2D eigenvalue weighted by Gasteiger charge is -2.41. The van der Waals surface area contributed by atoms with Crippen molar-refractivity contribution in [3.8, 4) is 5.75 Å². The average Bonchev–Trinajstić information content (AvgIpc) is 3.09. The molecule has 2 N–H and O–H groups in total. The van der Waals surface area contributed by atoms with Crippen LogP contribution < -0.4 is 15.6 Å². The summed E-state index contributed by atoms with van der Waals surface area (Å²) in [5.41, 5.74) is 1.19. The van der Waals surface area contributed by atoms with Crippen LogP contribution in [0.5, 0.6) is 5.75 Å². The lowest BCUT2D eigenvalue weighted by Crippen LogP contribution is -2.47. The first-order chi connectivity index (χ1) is 17.2. The number of halogens is 1. The van der Waals surface area contributed by atoms with Crippen molar-refractivity contribution < 1.29 is 14.6 Å². The Morgan fingerprint density at radius 2 is 1.94 bits per heavy atom. The molecule has 1 aliphatic carbocycles. The normalized spacial score (nSPS) is 25.0. The smallest absolute Gasteiger partial charge is 0.252 e. The number of nitrogens with one attached hydrogen (secondary N) is 1. The standard InChI is InChI=1S/C27H29ClN4O4/c1-26(35)14-19(15-26)32-23(33)5-2-17-12-20(16-29-24(17)32)36-11-10-31-8-6-27(7-9-31)21-13-18(28)3-4-22(21)30-25(27)34/h2-5,12-13,16,19,35H,6-11,14-15H2,1H3,(H,30,34)/t19-,26+. The van der Waals surface area contributed by atoms with E-state index < -0.39 is 11.0 Å². The van der Waals surface area contributed by atoms with Crippen molar-refractivity contribution in [3.05, 3.63) is 63.5 Å². The minimum Gasteiger partial charge on any atom is -0.491 e. The summed E-state index contributed by atoms with van der Waals surface area (Å²) < 4.78 is 7.69. The summed E-state index contributed by atoms with van der Waals surface area (Å²) in [6, 6.07) is 10.8. The van der Waals surface area contributed by atoms with E-state index in [-0.39, 0.29) is 17.5 Å². The zero-order valence-corrected chi connectivity index (χ0v) is 20.9. The van der Waals surface area contributed by atoms with E-state index in [0.29, 0.717) is 35.9 Å². The highest BCUT2D eigenvalue weighted by Crippen LogP contribution is 2.46. The van der Waals surface area contributed by atoms with Crippen LogP contribution >= 0.6 is 11.6 Å². The minimum absolute atomic E-state index is 0.0391. The second-order valence-corrected chi connectivity index (χ2v) is 11.0. The first-order valence-electron chi connectivity index (χ1n) is 12.4. The number of fused-ring (bicyclic) bond motifs is 3. The number of likely N-dealkylation sites (tertiary alicyclic amines) is 1. The van der Waals surface area contributed by atoms with Gasteiger partial charge >= 0.3 is 0 Å². The summed E-state index contributed by atoms with van der Waals surface area (Å²) >= 11 is 6.22. The summed E-state index contributed by atoms with van der Waals surface area (Å²) in [4.78, 5) is 32.2. The van der Waals surface area contributed by atoms with Gasteiger partial charge in [-0.2, -0.15) is 0 Å². The van der Waals surface area contributed by atoms with Crippen LogP contribution in [0.2, 0.25) is 5.02 Å². The maximum absolute atomic E-state index is 12.8. The predicted molar refractivity (Wildman–Crippen MR) is 138 cm³/mol. The zero-order chi connectivity index (χ0) is 25.1. The second-order valence-electron chi connectivity index (χ2n) is 10.6. The van der Waals surface area contributed by atoms with Gasteiger partial charge in [-0.25, -0.2) is 4.98 Å². The molecule has 2 aromatic heterocycles. The number of hydrogen-bond acceptors (Lipinski definition) is 6. The summed E-state index contributed by atoms with van der Waals surface area (Å²) in [7, 11) is 0. The first kappa shape index (κ1) is 23.5. The van der Waals surface area contributed by atoms with Gasteiger partial charge in [-0.3, -0.25) is 19.1 Å². The van der Waals surface area contributed by atoms with Crippen molar-refractivity contribution in [2.24, 2.45) is 0 Å². The quantitative estimate of drug-likeness (QED) is 0.547. The Kier molecular flexibility index (Phi) is 5.59. The summed E-state index contributed by atoms with van der Waals surface area (Å²) in [6.07, 6.45) is 4.24. The van der Waals surface area contributed by atoms with Crippen LogP contribution in [0, 0.1) is 0 Å². The average molecular weight is 509 g/mol. The second kappa shape index (κ2) is 8.57. The van der Waals surface area contributed by atoms with E-state index in [1.54, 1.807) is 29.8 Å². The molecule has 3 aromatic rings. The molecule has 8 nitrogen and oxygen atoms in total. The van der Waals surface area contributed by atoms with Gasteiger partial charge in [0.15, 0.2) is 0 Å². The molecule has 3 aliphatic rings. The number of hydrogen-bond donors (Lipinski definition) is 2. The Labute approximate surface area is 213 Å². The number of pyridine rings is 2. The van der Waals surface area contributed by atoms with E-state index in [1.807, 2.05) is 24.3 Å². The van der Waals surface area contributed by atoms with Gasteiger partial charge in [-0.05, 0) is 81.6 Å². The maximum Gasteiger partial charge on any atom is 0.252 e. The third kappa shape index (κ3) is 3.97. The molecule has 0 bridgehead atoms. The molecule has 6 rings (SSSR count). The molecule has 0 unspecified atom stereocenters. The zero-order valence-electron chi connectivity index (χ0n) is 20.2. The number of anilines is 1. The predicted octanol–water partition coefficient (Wildman–Crippen LogP) is 3.50. The fourth-order valence-corrected chi connectivity index (χ4v) is 6.20. The number of amides is 1. The Morgan fingerprint density at radius 3 is 2.69 bits per heavy atom. The van der Waals surface area contributed by atoms with Crippen molar-refractivity contribution in [1.29, 1.82) is 0 Å². The molecule has 188 valence electrons. The lowest BCUT2D eigenvalue weighted by molar-refractivity contribution is -0.122. The van der Waals surface area contributed by atoms with Gasteiger partial charge in [-0.1, -0.05) is 11.6 Å². The number of carbonyl (C=O) groups excluding carboxylic acids is 1. The van der Waals surface area contributed by atoms with Crippen molar-refractivity contribution >= 4 is 34.2 Å². The summed E-state index contributed by atoms with van der Waals surface area (Å²) in [5.74, 6) is 0.724. The number of carbonyl (C=O) groups is 1. The van der Waals surface area contributed by atoms with Crippen molar-refractivity contribution in [1.82, 2.24) is 14.5 Å². The van der Waals surface area contributed by atoms with Crippen LogP contribution in [-0.2, 0) is 10.2 Å². The highest BCUT2D eigenvalue weighted by Gasteiger charge is 2.48. The fraction of sp³-hybridized carbons (Fsp3) is 0.444. The molecule has 1 spiro atoms. The van der Waals surface area contributed by atoms with E-state index in [1.165, 1.54) is 0 Å². The molecule has 1 aromatic carbocycles. The van der Waals surface area contributed by atoms with Crippen LogP contribution in [0.15, 0.2) is 47.4 Å². The Morgan fingerprint density at radius 1 is 1.17 bits per heavy atom. The molecule has 2 aliphatic heterocycles. The summed E-state index contributed by atoms with van der Waals surface area (Å²) in [5, 5.41) is 14.6. The highest BCUT2D eigenvalue weighted by atomic mass is 35.5. The van der Waals surface area contributed by atoms with Crippen molar-refractivity contribution in [2.45, 2.75) is 49.7 Å². The number of benzene rings is 1. The first-order valence-corrected chi connectivity index (χ1v) is 12.8. The monoisotopic (exact) mass is 508 g/mol. The van der Waals surface area contributed by atoms with Gasteiger partial charge in [-0.15, -0.1) is 0 Å². The number of piperidine rings is 1. The van der Waals surface area contributed by atoms with E-state index in [4.69, 9.17) is 16.3 Å².